The quantitative estimate of drug-likeness (QED) is 0.738. The number of methoxy groups -OCH3 is 1. The number of nitrogens with zero attached hydrogens (tertiary/aromatic N) is 1. The summed E-state index contributed by atoms with van der Waals surface area (Å²) >= 11 is 0. The number of rotatable bonds is 7. The van der Waals surface area contributed by atoms with Gasteiger partial charge < -0.3 is 9.47 Å². The first-order chi connectivity index (χ1) is 11.3. The largest absolute Gasteiger partial charge is 0.497 e. The normalized spacial score (nSPS) is 16.8. The Kier molecular flexibility index (Phi) is 4.78. The van der Waals surface area contributed by atoms with E-state index in [9.17, 15) is 4.79 Å². The smallest absolute Gasteiger partial charge is 0.248 e. The maximum atomic E-state index is 11.7. The molecule has 3 rings (SSSR count). The van der Waals surface area contributed by atoms with Crippen molar-refractivity contribution in [3.05, 3.63) is 60.2 Å². The molecular weight excluding hydrogens is 294 g/mol. The van der Waals surface area contributed by atoms with E-state index in [-0.39, 0.29) is 11.9 Å². The van der Waals surface area contributed by atoms with Crippen LogP contribution in [0.4, 0.5) is 0 Å². The number of ether oxygens (including phenoxy) is 2. The van der Waals surface area contributed by atoms with Gasteiger partial charge in [0.1, 0.15) is 30.8 Å². The van der Waals surface area contributed by atoms with E-state index in [1.165, 1.54) is 5.06 Å². The minimum atomic E-state index is -0.0479. The molecule has 0 N–H and O–H groups in total. The van der Waals surface area contributed by atoms with E-state index in [1.54, 1.807) is 7.11 Å². The summed E-state index contributed by atoms with van der Waals surface area (Å²) in [5, 5.41) is 1.41. The second-order valence-corrected chi connectivity index (χ2v) is 5.32. The van der Waals surface area contributed by atoms with Crippen molar-refractivity contribution >= 4 is 5.91 Å². The number of hydrogen-bond acceptors (Lipinski definition) is 4. The summed E-state index contributed by atoms with van der Waals surface area (Å²) in [6, 6.07) is 17.1. The number of amides is 1. The fourth-order valence-corrected chi connectivity index (χ4v) is 2.35. The van der Waals surface area contributed by atoms with Gasteiger partial charge in [-0.1, -0.05) is 30.3 Å². The summed E-state index contributed by atoms with van der Waals surface area (Å²) in [6.45, 7) is 0.790. The van der Waals surface area contributed by atoms with Gasteiger partial charge in [-0.3, -0.25) is 9.63 Å². The Labute approximate surface area is 135 Å². The van der Waals surface area contributed by atoms with Gasteiger partial charge in [0, 0.05) is 0 Å². The lowest BCUT2D eigenvalue weighted by molar-refractivity contribution is -0.236. The van der Waals surface area contributed by atoms with Crippen LogP contribution in [-0.2, 0) is 16.2 Å². The van der Waals surface area contributed by atoms with Crippen molar-refractivity contribution in [2.75, 3.05) is 13.7 Å². The molecule has 5 nitrogen and oxygen atoms in total. The summed E-state index contributed by atoms with van der Waals surface area (Å²) < 4.78 is 10.8. The molecule has 0 radical (unpaired) electrons. The number of β-lactam (4-membered cyclic amide) rings is 1. The number of hydrogen-bond donors (Lipinski definition) is 0. The molecule has 1 amide bonds. The minimum absolute atomic E-state index is 0.00994. The van der Waals surface area contributed by atoms with Crippen LogP contribution in [0.3, 0.4) is 0 Å². The van der Waals surface area contributed by atoms with Crippen LogP contribution in [0.25, 0.3) is 0 Å². The molecule has 1 heterocycles. The first-order valence-electron chi connectivity index (χ1n) is 7.52. The topological polar surface area (TPSA) is 48.0 Å². The van der Waals surface area contributed by atoms with E-state index in [2.05, 4.69) is 0 Å². The maximum absolute atomic E-state index is 11.7. The minimum Gasteiger partial charge on any atom is -0.497 e. The third-order valence-electron chi connectivity index (χ3n) is 3.70. The molecule has 1 saturated heterocycles. The van der Waals surface area contributed by atoms with Crippen LogP contribution in [-0.4, -0.2) is 30.7 Å². The van der Waals surface area contributed by atoms with Gasteiger partial charge in [0.25, 0.3) is 0 Å². The molecule has 0 bridgehead atoms. The Morgan fingerprint density at radius 1 is 1.04 bits per heavy atom. The molecule has 0 aromatic heterocycles. The fourth-order valence-electron chi connectivity index (χ4n) is 2.35. The zero-order chi connectivity index (χ0) is 16.1. The van der Waals surface area contributed by atoms with Crippen LogP contribution in [0.1, 0.15) is 12.0 Å². The third kappa shape index (κ3) is 3.81. The van der Waals surface area contributed by atoms with Crippen LogP contribution in [0.15, 0.2) is 54.6 Å². The molecule has 2 aromatic rings. The maximum Gasteiger partial charge on any atom is 0.248 e. The van der Waals surface area contributed by atoms with Crippen molar-refractivity contribution in [2.24, 2.45) is 0 Å². The van der Waals surface area contributed by atoms with Crippen LogP contribution in [0, 0.1) is 0 Å². The highest BCUT2D eigenvalue weighted by molar-refractivity contribution is 5.81. The number of carbonyl (C=O) groups is 1. The zero-order valence-corrected chi connectivity index (χ0v) is 13.0. The van der Waals surface area contributed by atoms with E-state index in [0.717, 1.165) is 17.1 Å². The van der Waals surface area contributed by atoms with Crippen molar-refractivity contribution in [3.8, 4) is 11.5 Å². The summed E-state index contributed by atoms with van der Waals surface area (Å²) in [4.78, 5) is 17.3. The van der Waals surface area contributed by atoms with Crippen molar-refractivity contribution in [1.82, 2.24) is 5.06 Å². The average Bonchev–Trinajstić information content (AvgIpc) is 2.60. The predicted octanol–water partition coefficient (Wildman–Crippen LogP) is 2.81. The molecule has 1 aliphatic rings. The highest BCUT2D eigenvalue weighted by atomic mass is 16.7. The Balaban J connectivity index is 1.48. The first kappa shape index (κ1) is 15.4. The Morgan fingerprint density at radius 2 is 1.74 bits per heavy atom. The molecule has 120 valence electrons. The van der Waals surface area contributed by atoms with Crippen molar-refractivity contribution in [2.45, 2.75) is 19.1 Å². The molecule has 5 heteroatoms. The Morgan fingerprint density at radius 3 is 2.39 bits per heavy atom. The highest BCUT2D eigenvalue weighted by Gasteiger charge is 2.38. The van der Waals surface area contributed by atoms with Gasteiger partial charge in [0.15, 0.2) is 0 Å². The Bertz CT molecular complexity index is 642. The first-order valence-corrected chi connectivity index (χ1v) is 7.52. The molecule has 0 spiro atoms. The summed E-state index contributed by atoms with van der Waals surface area (Å²) in [7, 11) is 1.62. The molecule has 2 aromatic carbocycles. The number of hydroxylamine groups is 2. The van der Waals surface area contributed by atoms with Crippen molar-refractivity contribution < 1.29 is 19.1 Å². The molecule has 0 aliphatic carbocycles. The molecule has 1 aliphatic heterocycles. The van der Waals surface area contributed by atoms with Crippen molar-refractivity contribution in [1.29, 1.82) is 0 Å². The lowest BCUT2D eigenvalue weighted by Gasteiger charge is -2.38. The fraction of sp³-hybridized carbons (Fsp3) is 0.278. The van der Waals surface area contributed by atoms with Crippen LogP contribution >= 0.6 is 0 Å². The highest BCUT2D eigenvalue weighted by Crippen LogP contribution is 2.23. The van der Waals surface area contributed by atoms with Crippen molar-refractivity contribution in [3.63, 3.8) is 0 Å². The van der Waals surface area contributed by atoms with Crippen LogP contribution in [0.5, 0.6) is 11.5 Å². The predicted molar refractivity (Wildman–Crippen MR) is 85.0 cm³/mol. The SMILES string of the molecule is COc1ccc(OC[C@@H]2CC(=O)N2OCc2ccccc2)cc1. The number of benzene rings is 2. The molecular formula is C18H19NO4. The molecule has 1 fully saturated rings. The van der Waals surface area contributed by atoms with Gasteiger partial charge in [0.05, 0.1) is 13.5 Å². The zero-order valence-electron chi connectivity index (χ0n) is 13.0. The third-order valence-corrected chi connectivity index (χ3v) is 3.70. The van der Waals surface area contributed by atoms with E-state index in [0.29, 0.717) is 19.6 Å². The summed E-state index contributed by atoms with van der Waals surface area (Å²) in [6.07, 6.45) is 0.449. The summed E-state index contributed by atoms with van der Waals surface area (Å²) in [5.74, 6) is 1.52. The summed E-state index contributed by atoms with van der Waals surface area (Å²) in [5.41, 5.74) is 1.03. The van der Waals surface area contributed by atoms with E-state index in [1.807, 2.05) is 54.6 Å². The van der Waals surface area contributed by atoms with Crippen LogP contribution < -0.4 is 9.47 Å². The molecule has 0 saturated carbocycles. The van der Waals surface area contributed by atoms with Gasteiger partial charge in [-0.2, -0.15) is 0 Å². The monoisotopic (exact) mass is 313 g/mol. The average molecular weight is 313 g/mol. The van der Waals surface area contributed by atoms with Gasteiger partial charge in [0.2, 0.25) is 5.91 Å². The van der Waals surface area contributed by atoms with E-state index >= 15 is 0 Å². The molecule has 23 heavy (non-hydrogen) atoms. The standard InChI is InChI=1S/C18H19NO4/c1-21-16-7-9-17(10-8-16)22-13-15-11-18(20)19(15)23-12-14-5-3-2-4-6-14/h2-10,15H,11-13H2,1H3/t15-/m0/s1. The van der Waals surface area contributed by atoms with Gasteiger partial charge in [-0.05, 0) is 29.8 Å². The number of carbonyl (C=O) groups excluding carboxylic acids is 1. The van der Waals surface area contributed by atoms with Gasteiger partial charge in [-0.25, -0.2) is 5.06 Å². The van der Waals surface area contributed by atoms with Gasteiger partial charge in [-0.15, -0.1) is 0 Å². The second kappa shape index (κ2) is 7.15. The van der Waals surface area contributed by atoms with Crippen LogP contribution in [0.2, 0.25) is 0 Å². The lowest BCUT2D eigenvalue weighted by atomic mass is 10.1. The van der Waals surface area contributed by atoms with E-state index < -0.39 is 0 Å². The Hall–Kier alpha value is -2.53. The van der Waals surface area contributed by atoms with E-state index in [4.69, 9.17) is 14.3 Å². The second-order valence-electron chi connectivity index (χ2n) is 5.32. The molecule has 1 atom stereocenters. The van der Waals surface area contributed by atoms with Gasteiger partial charge >= 0.3 is 0 Å². The lowest BCUT2D eigenvalue weighted by Crippen LogP contribution is -2.54. The molecule has 0 unspecified atom stereocenters.